The van der Waals surface area contributed by atoms with Crippen molar-refractivity contribution in [3.63, 3.8) is 0 Å². The molecule has 19 heavy (non-hydrogen) atoms. The SMILES string of the molecule is CC1CN(S(=O)(=O)c2ccc(CN)nc2)CC(C)O1. The van der Waals surface area contributed by atoms with Gasteiger partial charge in [-0.3, -0.25) is 4.98 Å². The van der Waals surface area contributed by atoms with Crippen molar-refractivity contribution in [1.82, 2.24) is 9.29 Å². The van der Waals surface area contributed by atoms with Crippen molar-refractivity contribution in [3.05, 3.63) is 24.0 Å². The van der Waals surface area contributed by atoms with Crippen LogP contribution in [0.5, 0.6) is 0 Å². The third kappa shape index (κ3) is 3.11. The van der Waals surface area contributed by atoms with E-state index >= 15 is 0 Å². The minimum atomic E-state index is -3.50. The predicted octanol–water partition coefficient (Wildman–Crippen LogP) is 0.338. The molecule has 1 saturated heterocycles. The summed E-state index contributed by atoms with van der Waals surface area (Å²) in [5.74, 6) is 0. The second-order valence-electron chi connectivity index (χ2n) is 4.77. The van der Waals surface area contributed by atoms with Gasteiger partial charge in [0.25, 0.3) is 0 Å². The number of hydrogen-bond acceptors (Lipinski definition) is 5. The average Bonchev–Trinajstić information content (AvgIpc) is 2.37. The fraction of sp³-hybridized carbons (Fsp3) is 0.583. The quantitative estimate of drug-likeness (QED) is 0.865. The summed E-state index contributed by atoms with van der Waals surface area (Å²) in [6.45, 7) is 4.77. The number of nitrogens with zero attached hydrogens (tertiary/aromatic N) is 2. The molecule has 2 heterocycles. The van der Waals surface area contributed by atoms with Crippen LogP contribution >= 0.6 is 0 Å². The lowest BCUT2D eigenvalue weighted by Gasteiger charge is -2.34. The van der Waals surface area contributed by atoms with Crippen molar-refractivity contribution in [1.29, 1.82) is 0 Å². The van der Waals surface area contributed by atoms with Crippen LogP contribution < -0.4 is 5.73 Å². The number of ether oxygens (including phenoxy) is 1. The molecule has 0 saturated carbocycles. The molecule has 2 N–H and O–H groups in total. The summed E-state index contributed by atoms with van der Waals surface area (Å²) in [6, 6.07) is 3.19. The Labute approximate surface area is 113 Å². The zero-order valence-electron chi connectivity index (χ0n) is 11.1. The van der Waals surface area contributed by atoms with Gasteiger partial charge in [0.2, 0.25) is 10.0 Å². The molecule has 0 bridgehead atoms. The van der Waals surface area contributed by atoms with Crippen molar-refractivity contribution in [2.45, 2.75) is 37.5 Å². The predicted molar refractivity (Wildman–Crippen MR) is 70.9 cm³/mol. The smallest absolute Gasteiger partial charge is 0.244 e. The summed E-state index contributed by atoms with van der Waals surface area (Å²) in [5.41, 5.74) is 6.12. The van der Waals surface area contributed by atoms with E-state index in [9.17, 15) is 8.42 Å². The van der Waals surface area contributed by atoms with Crippen LogP contribution in [-0.4, -0.2) is 43.0 Å². The van der Waals surface area contributed by atoms with Gasteiger partial charge in [-0.15, -0.1) is 0 Å². The number of sulfonamides is 1. The molecule has 0 spiro atoms. The molecule has 2 atom stereocenters. The van der Waals surface area contributed by atoms with E-state index in [1.54, 1.807) is 12.1 Å². The highest BCUT2D eigenvalue weighted by Gasteiger charge is 2.32. The van der Waals surface area contributed by atoms with Crippen LogP contribution in [0.1, 0.15) is 19.5 Å². The maximum absolute atomic E-state index is 12.5. The van der Waals surface area contributed by atoms with E-state index in [2.05, 4.69) is 4.98 Å². The molecule has 1 fully saturated rings. The van der Waals surface area contributed by atoms with Crippen LogP contribution in [0.3, 0.4) is 0 Å². The molecule has 2 rings (SSSR count). The number of hydrogen-bond donors (Lipinski definition) is 1. The molecule has 0 aromatic carbocycles. The Balaban J connectivity index is 2.25. The van der Waals surface area contributed by atoms with Gasteiger partial charge in [-0.25, -0.2) is 8.42 Å². The van der Waals surface area contributed by atoms with Gasteiger partial charge in [-0.1, -0.05) is 0 Å². The molecule has 0 radical (unpaired) electrons. The van der Waals surface area contributed by atoms with Crippen LogP contribution in [0.4, 0.5) is 0 Å². The highest BCUT2D eigenvalue weighted by atomic mass is 32.2. The molecule has 7 heteroatoms. The number of morpholine rings is 1. The summed E-state index contributed by atoms with van der Waals surface area (Å²) < 4.78 is 31.9. The number of pyridine rings is 1. The van der Waals surface area contributed by atoms with Crippen molar-refractivity contribution in [2.24, 2.45) is 5.73 Å². The molecule has 0 amide bonds. The largest absolute Gasteiger partial charge is 0.373 e. The first-order chi connectivity index (χ1) is 8.93. The normalized spacial score (nSPS) is 25.4. The molecule has 1 aromatic heterocycles. The van der Waals surface area contributed by atoms with E-state index in [1.165, 1.54) is 10.5 Å². The highest BCUT2D eigenvalue weighted by molar-refractivity contribution is 7.89. The molecule has 1 aliphatic rings. The monoisotopic (exact) mass is 285 g/mol. The third-order valence-electron chi connectivity index (χ3n) is 3.03. The summed E-state index contributed by atoms with van der Waals surface area (Å²) in [6.07, 6.45) is 1.16. The molecular formula is C12H19N3O3S. The highest BCUT2D eigenvalue weighted by Crippen LogP contribution is 2.20. The van der Waals surface area contributed by atoms with Crippen LogP contribution in [0, 0.1) is 0 Å². The number of rotatable bonds is 3. The molecule has 1 aromatic rings. The fourth-order valence-corrected chi connectivity index (χ4v) is 3.70. The summed E-state index contributed by atoms with van der Waals surface area (Å²) >= 11 is 0. The Morgan fingerprint density at radius 2 is 2.00 bits per heavy atom. The Hall–Kier alpha value is -1.02. The van der Waals surface area contributed by atoms with E-state index in [1.807, 2.05) is 13.8 Å². The van der Waals surface area contributed by atoms with E-state index in [0.717, 1.165) is 0 Å². The second-order valence-corrected chi connectivity index (χ2v) is 6.71. The molecule has 2 unspecified atom stereocenters. The van der Waals surface area contributed by atoms with Gasteiger partial charge < -0.3 is 10.5 Å². The van der Waals surface area contributed by atoms with E-state index in [0.29, 0.717) is 25.3 Å². The Morgan fingerprint density at radius 3 is 2.47 bits per heavy atom. The Morgan fingerprint density at radius 1 is 1.37 bits per heavy atom. The van der Waals surface area contributed by atoms with Gasteiger partial charge in [0.1, 0.15) is 4.90 Å². The molecular weight excluding hydrogens is 266 g/mol. The van der Waals surface area contributed by atoms with Gasteiger partial charge in [0.05, 0.1) is 17.9 Å². The van der Waals surface area contributed by atoms with Gasteiger partial charge in [0.15, 0.2) is 0 Å². The fourth-order valence-electron chi connectivity index (χ4n) is 2.16. The zero-order chi connectivity index (χ0) is 14.0. The lowest BCUT2D eigenvalue weighted by Crippen LogP contribution is -2.48. The van der Waals surface area contributed by atoms with Gasteiger partial charge in [-0.2, -0.15) is 4.31 Å². The third-order valence-corrected chi connectivity index (χ3v) is 4.85. The summed E-state index contributed by atoms with van der Waals surface area (Å²) in [5, 5.41) is 0. The summed E-state index contributed by atoms with van der Waals surface area (Å²) in [7, 11) is -3.50. The van der Waals surface area contributed by atoms with Crippen molar-refractivity contribution in [2.75, 3.05) is 13.1 Å². The Bertz CT molecular complexity index is 520. The van der Waals surface area contributed by atoms with Crippen LogP contribution in [0.15, 0.2) is 23.2 Å². The van der Waals surface area contributed by atoms with Crippen LogP contribution in [-0.2, 0) is 21.3 Å². The molecule has 0 aliphatic carbocycles. The van der Waals surface area contributed by atoms with Gasteiger partial charge >= 0.3 is 0 Å². The zero-order valence-corrected chi connectivity index (χ0v) is 11.9. The van der Waals surface area contributed by atoms with E-state index in [4.69, 9.17) is 10.5 Å². The lowest BCUT2D eigenvalue weighted by atomic mass is 10.3. The van der Waals surface area contributed by atoms with Gasteiger partial charge in [-0.05, 0) is 26.0 Å². The maximum Gasteiger partial charge on any atom is 0.244 e. The van der Waals surface area contributed by atoms with Gasteiger partial charge in [0, 0.05) is 25.8 Å². The van der Waals surface area contributed by atoms with E-state index in [-0.39, 0.29) is 17.1 Å². The topological polar surface area (TPSA) is 85.5 Å². The minimum absolute atomic E-state index is 0.102. The first kappa shape index (κ1) is 14.4. The van der Waals surface area contributed by atoms with Crippen molar-refractivity contribution < 1.29 is 13.2 Å². The van der Waals surface area contributed by atoms with Crippen molar-refractivity contribution in [3.8, 4) is 0 Å². The van der Waals surface area contributed by atoms with Crippen LogP contribution in [0.2, 0.25) is 0 Å². The molecule has 106 valence electrons. The molecule has 6 nitrogen and oxygen atoms in total. The lowest BCUT2D eigenvalue weighted by molar-refractivity contribution is -0.0440. The summed E-state index contributed by atoms with van der Waals surface area (Å²) in [4.78, 5) is 4.23. The van der Waals surface area contributed by atoms with E-state index < -0.39 is 10.0 Å². The number of nitrogens with two attached hydrogens (primary N) is 1. The minimum Gasteiger partial charge on any atom is -0.373 e. The standard InChI is InChI=1S/C12H19N3O3S/c1-9-7-15(8-10(2)18-9)19(16,17)12-4-3-11(5-13)14-6-12/h3-4,6,9-10H,5,7-8,13H2,1-2H3. The average molecular weight is 285 g/mol. The molecule has 1 aliphatic heterocycles. The first-order valence-corrected chi connectivity index (χ1v) is 7.68. The van der Waals surface area contributed by atoms with Crippen molar-refractivity contribution >= 4 is 10.0 Å². The number of aromatic nitrogens is 1. The second kappa shape index (κ2) is 5.54. The first-order valence-electron chi connectivity index (χ1n) is 6.24. The Kier molecular flexibility index (Phi) is 4.19. The maximum atomic E-state index is 12.5. The van der Waals surface area contributed by atoms with Crippen LogP contribution in [0.25, 0.3) is 0 Å².